The van der Waals surface area contributed by atoms with Crippen LogP contribution in [-0.4, -0.2) is 48.7 Å². The number of alkyl carbamates (subject to hydrolysis) is 1. The van der Waals surface area contributed by atoms with E-state index in [0.717, 1.165) is 82.7 Å². The molecule has 6 aliphatic rings. The molecule has 0 aromatic heterocycles. The lowest BCUT2D eigenvalue weighted by Gasteiger charge is -2.58. The molecule has 0 radical (unpaired) electrons. The van der Waals surface area contributed by atoms with E-state index in [1.54, 1.807) is 0 Å². The van der Waals surface area contributed by atoms with Gasteiger partial charge < -0.3 is 19.5 Å². The molecule has 236 valence electrons. The first kappa shape index (κ1) is 31.0. The molecule has 2 aliphatic heterocycles. The van der Waals surface area contributed by atoms with E-state index in [-0.39, 0.29) is 23.4 Å². The van der Waals surface area contributed by atoms with Crippen molar-refractivity contribution in [2.24, 2.45) is 40.4 Å². The number of allylic oxidation sites excluding steroid dienone is 1. The van der Waals surface area contributed by atoms with Gasteiger partial charge in [0.05, 0.1) is 12.7 Å². The predicted molar refractivity (Wildman–Crippen MR) is 160 cm³/mol. The smallest absolute Gasteiger partial charge is 0.446 e. The Labute approximate surface area is 253 Å². The van der Waals surface area contributed by atoms with Crippen LogP contribution in [0.3, 0.4) is 0 Å². The quantitative estimate of drug-likeness (QED) is 0.160. The van der Waals surface area contributed by atoms with Crippen LogP contribution >= 0.6 is 8.25 Å². The first-order valence-corrected chi connectivity index (χ1v) is 18.0. The maximum absolute atomic E-state index is 12.5. The number of unbranched alkanes of at least 4 members (excludes halogenated alkanes) is 3. The standard InChI is InChI=1S/C33H52NO7P/c1-22-10-15-33(38-21-22)20-28-29(41-33)19-27-25-9-8-23-18-24(11-13-31(23,2)26(25)12-14-32(27,28)3)40-30(35)34-16-6-4-5-7-17-39-42(36)37/h8,22,24-29H,4-7,9-21H2,1-3H3,(H-,34,35,36,37)/p+1. The van der Waals surface area contributed by atoms with Crippen molar-refractivity contribution in [3.05, 3.63) is 11.6 Å². The number of hydrogen-bond acceptors (Lipinski definition) is 6. The van der Waals surface area contributed by atoms with Crippen molar-refractivity contribution in [3.8, 4) is 0 Å². The Morgan fingerprint density at radius 2 is 1.93 bits per heavy atom. The zero-order valence-electron chi connectivity index (χ0n) is 26.0. The van der Waals surface area contributed by atoms with Gasteiger partial charge in [-0.3, -0.25) is 0 Å². The Balaban J connectivity index is 0.991. The minimum absolute atomic E-state index is 0.0408. The van der Waals surface area contributed by atoms with Crippen LogP contribution in [0.25, 0.3) is 0 Å². The number of rotatable bonds is 9. The zero-order chi connectivity index (χ0) is 29.5. The highest BCUT2D eigenvalue weighted by atomic mass is 31.1. The molecule has 2 heterocycles. The van der Waals surface area contributed by atoms with Crippen molar-refractivity contribution in [2.75, 3.05) is 19.8 Å². The van der Waals surface area contributed by atoms with Crippen molar-refractivity contribution < 1.29 is 33.0 Å². The van der Waals surface area contributed by atoms with Gasteiger partial charge in [0, 0.05) is 30.4 Å². The zero-order valence-corrected chi connectivity index (χ0v) is 26.9. The Morgan fingerprint density at radius 3 is 2.71 bits per heavy atom. The number of hydrogen-bond donors (Lipinski definition) is 2. The number of carbonyl (C=O) groups is 1. The molecule has 9 heteroatoms. The highest BCUT2D eigenvalue weighted by molar-refractivity contribution is 7.32. The number of ether oxygens (including phenoxy) is 3. The molecular formula is C33H53NO7P+. The van der Waals surface area contributed by atoms with Gasteiger partial charge in [-0.15, -0.1) is 9.42 Å². The Kier molecular flexibility index (Phi) is 9.13. The van der Waals surface area contributed by atoms with Crippen LogP contribution in [0, 0.1) is 40.4 Å². The molecule has 11 unspecified atom stereocenters. The molecule has 6 rings (SSSR count). The lowest BCUT2D eigenvalue weighted by Crippen LogP contribution is -2.51. The molecule has 5 fully saturated rings. The average molecular weight is 607 g/mol. The van der Waals surface area contributed by atoms with E-state index < -0.39 is 8.25 Å². The number of carbonyl (C=O) groups excluding carboxylic acids is 1. The van der Waals surface area contributed by atoms with Crippen molar-refractivity contribution in [2.45, 2.75) is 129 Å². The van der Waals surface area contributed by atoms with Crippen LogP contribution < -0.4 is 5.32 Å². The highest BCUT2D eigenvalue weighted by Crippen LogP contribution is 2.69. The van der Waals surface area contributed by atoms with Gasteiger partial charge in [-0.1, -0.05) is 45.3 Å². The predicted octanol–water partition coefficient (Wildman–Crippen LogP) is 7.43. The largest absolute Gasteiger partial charge is 0.694 e. The molecule has 4 aliphatic carbocycles. The molecule has 2 saturated heterocycles. The maximum atomic E-state index is 12.5. The van der Waals surface area contributed by atoms with E-state index >= 15 is 0 Å². The van der Waals surface area contributed by atoms with Crippen LogP contribution in [0.2, 0.25) is 0 Å². The van der Waals surface area contributed by atoms with E-state index in [2.05, 4.69) is 36.7 Å². The summed E-state index contributed by atoms with van der Waals surface area (Å²) in [5.74, 6) is 3.15. The lowest BCUT2D eigenvalue weighted by atomic mass is 9.47. The van der Waals surface area contributed by atoms with Crippen LogP contribution in [0.5, 0.6) is 0 Å². The van der Waals surface area contributed by atoms with E-state index in [1.807, 2.05) is 0 Å². The third-order valence-electron chi connectivity index (χ3n) is 12.6. The van der Waals surface area contributed by atoms with Crippen molar-refractivity contribution in [1.82, 2.24) is 5.32 Å². The minimum atomic E-state index is -2.50. The molecule has 1 amide bonds. The van der Waals surface area contributed by atoms with Gasteiger partial charge in [-0.05, 0) is 98.2 Å². The molecule has 8 nitrogen and oxygen atoms in total. The Morgan fingerprint density at radius 1 is 1.10 bits per heavy atom. The fraction of sp³-hybridized carbons (Fsp3) is 0.909. The molecule has 1 spiro atoms. The van der Waals surface area contributed by atoms with E-state index in [0.29, 0.717) is 42.4 Å². The van der Waals surface area contributed by atoms with Crippen LogP contribution in [0.1, 0.15) is 111 Å². The highest BCUT2D eigenvalue weighted by Gasteiger charge is 2.66. The summed E-state index contributed by atoms with van der Waals surface area (Å²) >= 11 is 0. The summed E-state index contributed by atoms with van der Waals surface area (Å²) in [6, 6.07) is 0. The lowest BCUT2D eigenvalue weighted by molar-refractivity contribution is -0.255. The Bertz CT molecular complexity index is 1040. The van der Waals surface area contributed by atoms with Crippen LogP contribution in [-0.2, 0) is 23.3 Å². The second-order valence-electron chi connectivity index (χ2n) is 15.1. The fourth-order valence-corrected chi connectivity index (χ4v) is 10.5. The van der Waals surface area contributed by atoms with Crippen molar-refractivity contribution >= 4 is 14.3 Å². The summed E-state index contributed by atoms with van der Waals surface area (Å²) in [6.07, 6.45) is 17.2. The summed E-state index contributed by atoms with van der Waals surface area (Å²) in [5, 5.41) is 2.92. The van der Waals surface area contributed by atoms with Gasteiger partial charge in [0.1, 0.15) is 12.7 Å². The van der Waals surface area contributed by atoms with Crippen LogP contribution in [0.4, 0.5) is 4.79 Å². The first-order valence-electron chi connectivity index (χ1n) is 16.9. The third kappa shape index (κ3) is 5.97. The normalized spacial score (nSPS) is 44.4. The van der Waals surface area contributed by atoms with Gasteiger partial charge in [0.15, 0.2) is 5.79 Å². The van der Waals surface area contributed by atoms with Gasteiger partial charge in [0.25, 0.3) is 0 Å². The van der Waals surface area contributed by atoms with E-state index in [4.69, 9.17) is 19.1 Å². The second kappa shape index (κ2) is 12.4. The molecular weight excluding hydrogens is 553 g/mol. The summed E-state index contributed by atoms with van der Waals surface area (Å²) in [6.45, 7) is 9.12. The van der Waals surface area contributed by atoms with Crippen LogP contribution in [0.15, 0.2) is 11.6 Å². The summed E-state index contributed by atoms with van der Waals surface area (Å²) in [5.41, 5.74) is 2.10. The van der Waals surface area contributed by atoms with E-state index in [1.165, 1.54) is 31.3 Å². The number of amides is 1. The third-order valence-corrected chi connectivity index (χ3v) is 13.0. The van der Waals surface area contributed by atoms with E-state index in [9.17, 15) is 9.36 Å². The summed E-state index contributed by atoms with van der Waals surface area (Å²) < 4.78 is 34.3. The maximum Gasteiger partial charge on any atom is 0.694 e. The topological polar surface area (TPSA) is 103 Å². The van der Waals surface area contributed by atoms with Gasteiger partial charge in [-0.25, -0.2) is 4.79 Å². The molecule has 2 N–H and O–H groups in total. The first-order chi connectivity index (χ1) is 20.1. The molecule has 3 saturated carbocycles. The second-order valence-corrected chi connectivity index (χ2v) is 15.8. The van der Waals surface area contributed by atoms with Gasteiger partial charge >= 0.3 is 14.3 Å². The Hall–Kier alpha value is -1.05. The van der Waals surface area contributed by atoms with Gasteiger partial charge in [0.2, 0.25) is 0 Å². The average Bonchev–Trinajstić information content (AvgIpc) is 3.44. The monoisotopic (exact) mass is 606 g/mol. The summed E-state index contributed by atoms with van der Waals surface area (Å²) in [7, 11) is -2.50. The molecule has 11 atom stereocenters. The van der Waals surface area contributed by atoms with Crippen molar-refractivity contribution in [1.29, 1.82) is 0 Å². The number of fused-ring (bicyclic) bond motifs is 7. The SMILES string of the molecule is CC1CCC2(CC3C(CC4C5CC=C6CC(OC(=O)NCCCCCCO[P+](=O)O)CCC6(C)C5CCC34C)O2)OC1. The molecule has 0 aromatic rings. The molecule has 0 bridgehead atoms. The van der Waals surface area contributed by atoms with Gasteiger partial charge in [-0.2, -0.15) is 0 Å². The minimum Gasteiger partial charge on any atom is -0.446 e. The van der Waals surface area contributed by atoms with Crippen molar-refractivity contribution in [3.63, 3.8) is 0 Å². The molecule has 42 heavy (non-hydrogen) atoms. The fourth-order valence-electron chi connectivity index (χ4n) is 10.2. The number of nitrogens with one attached hydrogen (secondary N) is 1. The summed E-state index contributed by atoms with van der Waals surface area (Å²) in [4.78, 5) is 21.2. The molecule has 0 aromatic carbocycles.